The molecule has 3 fully saturated rings. The van der Waals surface area contributed by atoms with Gasteiger partial charge >= 0.3 is 21.6 Å². The minimum atomic E-state index is -5.73. The van der Waals surface area contributed by atoms with Gasteiger partial charge in [-0.2, -0.15) is 21.6 Å². The van der Waals surface area contributed by atoms with E-state index in [1.807, 2.05) is 19.1 Å². The van der Waals surface area contributed by atoms with Crippen molar-refractivity contribution in [2.45, 2.75) is 104 Å². The Hall–Kier alpha value is -4.39. The van der Waals surface area contributed by atoms with E-state index in [1.165, 1.54) is 52.4 Å². The number of hydrogen-bond donors (Lipinski definition) is 0. The second-order valence-corrected chi connectivity index (χ2v) is 20.0. The van der Waals surface area contributed by atoms with Crippen LogP contribution in [-0.4, -0.2) is 69.1 Å². The number of carbonyl (C=O) groups is 1. The molecule has 0 atom stereocenters. The van der Waals surface area contributed by atoms with E-state index in [9.17, 15) is 26.4 Å². The van der Waals surface area contributed by atoms with Crippen LogP contribution < -0.4 is 4.18 Å². The number of alkyl halides is 3. The van der Waals surface area contributed by atoms with Gasteiger partial charge < -0.3 is 13.7 Å². The molecule has 7 rings (SSSR count). The number of carbonyl (C=O) groups excluding carboxylic acids is 1. The molecule has 1 aliphatic carbocycles. The van der Waals surface area contributed by atoms with Gasteiger partial charge in [0.05, 0.1) is 24.9 Å². The highest BCUT2D eigenvalue weighted by atomic mass is 32.2. The Kier molecular flexibility index (Phi) is 14.9. The summed E-state index contributed by atoms with van der Waals surface area (Å²) in [6, 6.07) is 23.5. The van der Waals surface area contributed by atoms with Crippen LogP contribution >= 0.6 is 0 Å². The lowest BCUT2D eigenvalue weighted by atomic mass is 9.68. The molecule has 0 amide bonds. The maximum absolute atomic E-state index is 12.8. The fraction of sp³-hybridized carbons (Fsp3) is 0.510. The van der Waals surface area contributed by atoms with Crippen molar-refractivity contribution in [1.82, 2.24) is 9.80 Å². The van der Waals surface area contributed by atoms with Crippen LogP contribution in [0.1, 0.15) is 102 Å². The summed E-state index contributed by atoms with van der Waals surface area (Å²) in [4.78, 5) is 17.0. The highest BCUT2D eigenvalue weighted by Gasteiger charge is 2.48. The summed E-state index contributed by atoms with van der Waals surface area (Å²) in [5.74, 6) is 1.74. The number of piperidine rings is 2. The molecular weight excluding hydrogens is 826 g/mol. The Balaban J connectivity index is 0.874. The maximum atomic E-state index is 12.8. The van der Waals surface area contributed by atoms with E-state index in [4.69, 9.17) is 9.47 Å². The summed E-state index contributed by atoms with van der Waals surface area (Å²) in [6.07, 6.45) is 14.1. The smallest absolute Gasteiger partial charge is 0.498 e. The molecule has 0 bridgehead atoms. The zero-order chi connectivity index (χ0) is 44.8. The Bertz CT molecular complexity index is 2390. The van der Waals surface area contributed by atoms with Crippen molar-refractivity contribution in [1.29, 1.82) is 0 Å². The number of benzene rings is 4. The predicted octanol–water partition coefficient (Wildman–Crippen LogP) is 11.8. The molecule has 4 aromatic rings. The molecule has 3 aliphatic rings. The van der Waals surface area contributed by atoms with Gasteiger partial charge in [0.2, 0.25) is 0 Å². The molecule has 0 aromatic heterocycles. The Morgan fingerprint density at radius 2 is 1.22 bits per heavy atom. The summed E-state index contributed by atoms with van der Waals surface area (Å²) < 4.78 is 77.1. The minimum absolute atomic E-state index is 0.0328. The first-order valence-electron chi connectivity index (χ1n) is 22.8. The third kappa shape index (κ3) is 12.0. The van der Waals surface area contributed by atoms with Crippen molar-refractivity contribution >= 4 is 43.7 Å². The second-order valence-electron chi connectivity index (χ2n) is 18.4. The molecule has 63 heavy (non-hydrogen) atoms. The van der Waals surface area contributed by atoms with Crippen molar-refractivity contribution < 1.29 is 40.0 Å². The van der Waals surface area contributed by atoms with Gasteiger partial charge in [-0.1, -0.05) is 68.0 Å². The van der Waals surface area contributed by atoms with Crippen molar-refractivity contribution in [3.05, 3.63) is 107 Å². The monoisotopic (exact) mass is 888 g/mol. The summed E-state index contributed by atoms with van der Waals surface area (Å²) in [6.45, 7) is 15.2. The number of esters is 1. The number of nitrogens with zero attached hydrogens (tertiary/aromatic N) is 2. The van der Waals surface area contributed by atoms with Gasteiger partial charge in [0.25, 0.3) is 0 Å². The molecule has 0 N–H and O–H groups in total. The molecule has 4 aromatic carbocycles. The van der Waals surface area contributed by atoms with Gasteiger partial charge in [-0.25, -0.2) is 0 Å². The molecule has 0 unspecified atom stereocenters. The van der Waals surface area contributed by atoms with Crippen LogP contribution in [0.2, 0.25) is 0 Å². The number of hydrogen-bond acceptors (Lipinski definition) is 8. The fourth-order valence-electron chi connectivity index (χ4n) is 9.77. The number of halogens is 3. The number of likely N-dealkylation sites (tertiary alicyclic amines) is 2. The standard InChI is InChI=1S/C51H63F3N2O6S/c1-5-60-48(40-20-25-55(26-21-40)34-39-9-14-45-33-47(18-15-44(45)32-39)62-63(58,59)51(52,53)54)19-24-50(3,4)46-16-10-36(11-17-46)29-37-7-12-43-31-38(8-13-42(43)30-37)35-56-27-22-41(23-28-56)49(57)61-6-2/h7-9,12-15,18-19,29-33,40-41,46H,5-6,10-11,16-17,20-28,34-35H2,1-4H3/b36-29?,48-19-. The van der Waals surface area contributed by atoms with Gasteiger partial charge in [-0.15, -0.1) is 0 Å². The molecule has 2 aliphatic heterocycles. The summed E-state index contributed by atoms with van der Waals surface area (Å²) in [7, 11) is -5.73. The second kappa shape index (κ2) is 20.2. The number of fused-ring (bicyclic) bond motifs is 2. The van der Waals surface area contributed by atoms with E-state index in [0.29, 0.717) is 30.4 Å². The first-order valence-corrected chi connectivity index (χ1v) is 24.2. The fourth-order valence-corrected chi connectivity index (χ4v) is 10.2. The lowest BCUT2D eigenvalue weighted by Gasteiger charge is -2.38. The lowest BCUT2D eigenvalue weighted by molar-refractivity contribution is -0.149. The number of allylic oxidation sites excluding steroid dienone is 3. The molecule has 12 heteroatoms. The van der Waals surface area contributed by atoms with Crippen LogP contribution in [0, 0.1) is 23.2 Å². The highest BCUT2D eigenvalue weighted by molar-refractivity contribution is 7.88. The topological polar surface area (TPSA) is 85.4 Å². The molecular formula is C51H63F3N2O6S. The van der Waals surface area contributed by atoms with E-state index >= 15 is 0 Å². The van der Waals surface area contributed by atoms with E-state index in [2.05, 4.69) is 83.3 Å². The summed E-state index contributed by atoms with van der Waals surface area (Å²) in [5.41, 5.74) is -0.142. The zero-order valence-corrected chi connectivity index (χ0v) is 38.0. The summed E-state index contributed by atoms with van der Waals surface area (Å²) >= 11 is 0. The van der Waals surface area contributed by atoms with Crippen LogP contribution in [0.25, 0.3) is 27.6 Å². The number of ether oxygens (including phenoxy) is 2. The van der Waals surface area contributed by atoms with Crippen molar-refractivity contribution in [3.63, 3.8) is 0 Å². The van der Waals surface area contributed by atoms with Crippen LogP contribution in [0.3, 0.4) is 0 Å². The largest absolute Gasteiger partial charge is 0.534 e. The third-order valence-corrected chi connectivity index (χ3v) is 14.5. The average molecular weight is 889 g/mol. The van der Waals surface area contributed by atoms with Gasteiger partial charge in [-0.3, -0.25) is 14.6 Å². The quantitative estimate of drug-likeness (QED) is 0.0505. The molecule has 2 saturated heterocycles. The van der Waals surface area contributed by atoms with E-state index in [1.54, 1.807) is 12.1 Å². The molecule has 0 spiro atoms. The highest BCUT2D eigenvalue weighted by Crippen LogP contribution is 2.44. The molecule has 2 heterocycles. The first-order chi connectivity index (χ1) is 30.1. The average Bonchev–Trinajstić information content (AvgIpc) is 3.25. The van der Waals surface area contributed by atoms with E-state index in [0.717, 1.165) is 101 Å². The van der Waals surface area contributed by atoms with Gasteiger partial charge in [-0.05, 0) is 184 Å². The zero-order valence-electron chi connectivity index (χ0n) is 37.2. The molecule has 0 radical (unpaired) electrons. The Labute approximate surface area is 371 Å². The van der Waals surface area contributed by atoms with Crippen LogP contribution in [-0.2, 0) is 37.5 Å². The van der Waals surface area contributed by atoms with Crippen LogP contribution in [0.5, 0.6) is 5.75 Å². The predicted molar refractivity (Wildman–Crippen MR) is 244 cm³/mol. The minimum Gasteiger partial charge on any atom is -0.498 e. The van der Waals surface area contributed by atoms with E-state index < -0.39 is 15.6 Å². The maximum Gasteiger partial charge on any atom is 0.534 e. The molecule has 340 valence electrons. The third-order valence-electron chi connectivity index (χ3n) is 13.5. The first kappa shape index (κ1) is 46.6. The van der Waals surface area contributed by atoms with Crippen LogP contribution in [0.4, 0.5) is 13.2 Å². The van der Waals surface area contributed by atoms with Crippen molar-refractivity contribution in [2.24, 2.45) is 23.2 Å². The normalized spacial score (nSPS) is 19.4. The summed E-state index contributed by atoms with van der Waals surface area (Å²) in [5, 5.41) is 3.92. The van der Waals surface area contributed by atoms with E-state index in [-0.39, 0.29) is 23.1 Å². The lowest BCUT2D eigenvalue weighted by Crippen LogP contribution is -2.36. The SMILES string of the molecule is CCOC(=O)C1CCN(Cc2ccc3cc(C=C4CCC(C(C)(C)C/C=C(\OCC)C5CCN(Cc6ccc7cc(OS(=O)(=O)C(F)(F)F)ccc7c6)CC5)CC4)ccc3c2)CC1. The van der Waals surface area contributed by atoms with Gasteiger partial charge in [0, 0.05) is 19.0 Å². The number of rotatable bonds is 15. The van der Waals surface area contributed by atoms with Gasteiger partial charge in [0.1, 0.15) is 5.75 Å². The Morgan fingerprint density at radius 3 is 1.79 bits per heavy atom. The molecule has 8 nitrogen and oxygen atoms in total. The Morgan fingerprint density at radius 1 is 0.698 bits per heavy atom. The van der Waals surface area contributed by atoms with Crippen molar-refractivity contribution in [2.75, 3.05) is 39.4 Å². The van der Waals surface area contributed by atoms with Gasteiger partial charge in [0.15, 0.2) is 0 Å². The van der Waals surface area contributed by atoms with Crippen molar-refractivity contribution in [3.8, 4) is 5.75 Å². The van der Waals surface area contributed by atoms with Crippen LogP contribution in [0.15, 0.2) is 90.2 Å². The molecule has 1 saturated carbocycles.